The van der Waals surface area contributed by atoms with Crippen molar-refractivity contribution in [3.63, 3.8) is 0 Å². The lowest BCUT2D eigenvalue weighted by Crippen LogP contribution is -2.56. The molecule has 5 rings (SSSR count). The van der Waals surface area contributed by atoms with Gasteiger partial charge in [-0.05, 0) is 55.7 Å². The maximum Gasteiger partial charge on any atom is 0.416 e. The Morgan fingerprint density at radius 3 is 2.65 bits per heavy atom. The van der Waals surface area contributed by atoms with Crippen molar-refractivity contribution in [1.29, 1.82) is 0 Å². The zero-order valence-corrected chi connectivity index (χ0v) is 22.0. The van der Waals surface area contributed by atoms with Crippen molar-refractivity contribution in [3.05, 3.63) is 30.0 Å². The summed E-state index contributed by atoms with van der Waals surface area (Å²) < 4.78 is 6.25. The number of rotatable bonds is 8. The van der Waals surface area contributed by atoms with E-state index >= 15 is 0 Å². The van der Waals surface area contributed by atoms with Crippen molar-refractivity contribution < 1.29 is 38.9 Å². The Morgan fingerprint density at radius 2 is 2.00 bits per heavy atom. The molecule has 1 aliphatic carbocycles. The number of hydrogen-bond donors (Lipinski definition) is 5. The van der Waals surface area contributed by atoms with Crippen LogP contribution in [0.4, 0.5) is 4.79 Å². The number of benzene rings is 1. The average molecular weight is 556 g/mol. The summed E-state index contributed by atoms with van der Waals surface area (Å²) in [4.78, 5) is 65.5. The van der Waals surface area contributed by atoms with Crippen LogP contribution in [0.5, 0.6) is 5.75 Å². The molecule has 1 aromatic carbocycles. The number of carboxylic acid groups (broad SMARTS) is 1. The second-order valence-corrected chi connectivity index (χ2v) is 10.8. The molecule has 13 heteroatoms. The molecular weight excluding hydrogens is 522 g/mol. The highest BCUT2D eigenvalue weighted by molar-refractivity contribution is 6.06. The molecule has 1 aromatic heterocycles. The first kappa shape index (κ1) is 27.4. The van der Waals surface area contributed by atoms with Gasteiger partial charge in [-0.3, -0.25) is 19.2 Å². The van der Waals surface area contributed by atoms with Crippen LogP contribution in [0.25, 0.3) is 10.9 Å². The smallest absolute Gasteiger partial charge is 0.416 e. The molecule has 6 atom stereocenters. The first-order valence-corrected chi connectivity index (χ1v) is 13.4. The van der Waals surface area contributed by atoms with E-state index in [9.17, 15) is 34.2 Å². The third-order valence-electron chi connectivity index (χ3n) is 8.56. The van der Waals surface area contributed by atoms with Crippen molar-refractivity contribution in [2.24, 2.45) is 23.5 Å². The molecule has 3 aliphatic rings. The van der Waals surface area contributed by atoms with Crippen LogP contribution in [-0.2, 0) is 14.4 Å². The highest BCUT2D eigenvalue weighted by Crippen LogP contribution is 2.43. The van der Waals surface area contributed by atoms with Crippen LogP contribution in [0, 0.1) is 17.8 Å². The second kappa shape index (κ2) is 10.8. The van der Waals surface area contributed by atoms with E-state index in [4.69, 9.17) is 10.5 Å². The summed E-state index contributed by atoms with van der Waals surface area (Å²) in [6, 6.07) is 4.22. The Morgan fingerprint density at radius 1 is 1.23 bits per heavy atom. The molecule has 1 saturated carbocycles. The van der Waals surface area contributed by atoms with Crippen LogP contribution in [0.3, 0.4) is 0 Å². The monoisotopic (exact) mass is 555 g/mol. The predicted octanol–water partition coefficient (Wildman–Crippen LogP) is 0.274. The molecule has 6 N–H and O–H groups in total. The van der Waals surface area contributed by atoms with Crippen molar-refractivity contribution in [1.82, 2.24) is 20.1 Å². The number of amides is 4. The summed E-state index contributed by atoms with van der Waals surface area (Å²) in [6.07, 6.45) is -0.221. The summed E-state index contributed by atoms with van der Waals surface area (Å²) in [7, 11) is 1.45. The Bertz CT molecular complexity index is 1370. The number of primary amides is 1. The van der Waals surface area contributed by atoms with E-state index in [1.54, 1.807) is 18.2 Å². The fraction of sp³-hybridized carbons (Fsp3) is 0.519. The first-order valence-electron chi connectivity index (χ1n) is 13.4. The van der Waals surface area contributed by atoms with Crippen molar-refractivity contribution >= 4 is 40.6 Å². The molecular formula is C27H33N5O8. The number of carbonyl (C=O) groups is 5. The van der Waals surface area contributed by atoms with Crippen LogP contribution < -0.4 is 21.1 Å². The van der Waals surface area contributed by atoms with Gasteiger partial charge in [-0.1, -0.05) is 12.5 Å². The van der Waals surface area contributed by atoms with Crippen molar-refractivity contribution in [2.75, 3.05) is 20.2 Å². The Labute approximate surface area is 229 Å². The van der Waals surface area contributed by atoms with Gasteiger partial charge < -0.3 is 36.2 Å². The number of aliphatic hydroxyl groups is 1. The third kappa shape index (κ3) is 4.74. The van der Waals surface area contributed by atoms with E-state index in [1.807, 2.05) is 0 Å². The minimum absolute atomic E-state index is 0.00346. The lowest BCUT2D eigenvalue weighted by Gasteiger charge is -2.31. The number of nitrogens with zero attached hydrogens (tertiary/aromatic N) is 2. The van der Waals surface area contributed by atoms with Gasteiger partial charge in [0.25, 0.3) is 5.91 Å². The zero-order chi connectivity index (χ0) is 28.7. The molecule has 0 bridgehead atoms. The normalized spacial score (nSPS) is 25.4. The third-order valence-corrected chi connectivity index (χ3v) is 8.56. The van der Waals surface area contributed by atoms with E-state index in [2.05, 4.69) is 10.6 Å². The maximum atomic E-state index is 14.0. The minimum atomic E-state index is -1.73. The van der Waals surface area contributed by atoms with Crippen LogP contribution >= 0.6 is 0 Å². The summed E-state index contributed by atoms with van der Waals surface area (Å²) in [5.74, 6) is -2.73. The number of nitrogens with one attached hydrogen (secondary N) is 2. The summed E-state index contributed by atoms with van der Waals surface area (Å²) >= 11 is 0. The summed E-state index contributed by atoms with van der Waals surface area (Å²) in [5, 5.41) is 26.4. The molecule has 0 radical (unpaired) electrons. The van der Waals surface area contributed by atoms with E-state index < -0.39 is 47.9 Å². The Kier molecular flexibility index (Phi) is 7.41. The van der Waals surface area contributed by atoms with Gasteiger partial charge in [0.15, 0.2) is 6.10 Å². The largest absolute Gasteiger partial charge is 0.496 e. The lowest BCUT2D eigenvalue weighted by atomic mass is 9.91. The number of carbonyl (C=O) groups excluding carboxylic acids is 4. The van der Waals surface area contributed by atoms with E-state index in [0.29, 0.717) is 30.5 Å². The molecule has 2 aliphatic heterocycles. The predicted molar refractivity (Wildman–Crippen MR) is 140 cm³/mol. The highest BCUT2D eigenvalue weighted by atomic mass is 16.5. The minimum Gasteiger partial charge on any atom is -0.496 e. The zero-order valence-electron chi connectivity index (χ0n) is 22.0. The number of likely N-dealkylation sites (tertiary alicyclic amines) is 1. The van der Waals surface area contributed by atoms with E-state index in [-0.39, 0.29) is 41.9 Å². The summed E-state index contributed by atoms with van der Waals surface area (Å²) in [5.41, 5.74) is 5.49. The number of hydrogen-bond acceptors (Lipinski definition) is 7. The van der Waals surface area contributed by atoms with Gasteiger partial charge in [-0.2, -0.15) is 0 Å². The van der Waals surface area contributed by atoms with Crippen molar-refractivity contribution in [3.8, 4) is 5.75 Å². The van der Waals surface area contributed by atoms with Crippen LogP contribution in [0.15, 0.2) is 24.3 Å². The molecule has 214 valence electrons. The van der Waals surface area contributed by atoms with Gasteiger partial charge in [-0.15, -0.1) is 0 Å². The van der Waals surface area contributed by atoms with Crippen molar-refractivity contribution in [2.45, 2.75) is 50.3 Å². The average Bonchev–Trinajstić information content (AvgIpc) is 3.69. The number of nitrogens with two attached hydrogens (primary N) is 1. The molecule has 0 spiro atoms. The van der Waals surface area contributed by atoms with Gasteiger partial charge in [-0.25, -0.2) is 9.36 Å². The topological polar surface area (TPSA) is 193 Å². The number of ether oxygens (including phenoxy) is 1. The van der Waals surface area contributed by atoms with Gasteiger partial charge in [0.2, 0.25) is 17.7 Å². The standard InChI is InChI=1S/C27H33N5O8/c1-40-20-7-3-6-18-16(20)11-19(32(18)27(38)39)26(37)31-12-14-4-2-5-15(14)21(31)25(36)30-17(22(33)23(28)34)10-13-8-9-29-24(13)35/h3,6-7,11,13-15,17,21-22,33H,2,4-5,8-10,12H2,1H3,(H2,28,34)(H,29,35)(H,30,36)(H,38,39)/t13-,14-,15-,17-,21-,22?/m0/s1. The fourth-order valence-corrected chi connectivity index (χ4v) is 6.65. The maximum absolute atomic E-state index is 14.0. The molecule has 2 saturated heterocycles. The SMILES string of the molecule is COc1cccc2c1cc(C(=O)N1C[C@@H]3CCC[C@@H]3[C@H]1C(=O)N[C@@H](C[C@@H]1CCNC1=O)C(O)C(N)=O)n2C(=O)O. The summed E-state index contributed by atoms with van der Waals surface area (Å²) in [6.45, 7) is 0.710. The molecule has 3 heterocycles. The Balaban J connectivity index is 1.47. The number of methoxy groups -OCH3 is 1. The number of aliphatic hydroxyl groups excluding tert-OH is 1. The molecule has 3 fully saturated rings. The van der Waals surface area contributed by atoms with Gasteiger partial charge >= 0.3 is 6.09 Å². The van der Waals surface area contributed by atoms with Crippen LogP contribution in [0.2, 0.25) is 0 Å². The van der Waals surface area contributed by atoms with Gasteiger partial charge in [0.05, 0.1) is 18.7 Å². The number of aromatic nitrogens is 1. The molecule has 4 amide bonds. The fourth-order valence-electron chi connectivity index (χ4n) is 6.65. The molecule has 40 heavy (non-hydrogen) atoms. The molecule has 1 unspecified atom stereocenters. The highest BCUT2D eigenvalue weighted by Gasteiger charge is 2.51. The second-order valence-electron chi connectivity index (χ2n) is 10.8. The first-order chi connectivity index (χ1) is 19.1. The van der Waals surface area contributed by atoms with Gasteiger partial charge in [0, 0.05) is 24.4 Å². The Hall–Kier alpha value is -4.13. The van der Waals surface area contributed by atoms with Gasteiger partial charge in [0.1, 0.15) is 17.5 Å². The lowest BCUT2D eigenvalue weighted by molar-refractivity contribution is -0.133. The molecule has 2 aromatic rings. The molecule has 13 nitrogen and oxygen atoms in total. The number of fused-ring (bicyclic) bond motifs is 2. The van der Waals surface area contributed by atoms with Crippen LogP contribution in [-0.4, -0.2) is 87.8 Å². The van der Waals surface area contributed by atoms with E-state index in [1.165, 1.54) is 18.1 Å². The van der Waals surface area contributed by atoms with E-state index in [0.717, 1.165) is 17.4 Å². The quantitative estimate of drug-likeness (QED) is 0.306. The van der Waals surface area contributed by atoms with Crippen LogP contribution in [0.1, 0.15) is 42.6 Å².